The zero-order chi connectivity index (χ0) is 9.68. The Labute approximate surface area is 84.2 Å². The van der Waals surface area contributed by atoms with Crippen molar-refractivity contribution in [3.05, 3.63) is 40.6 Å². The number of halogens is 1. The summed E-state index contributed by atoms with van der Waals surface area (Å²) in [7, 11) is 0. The van der Waals surface area contributed by atoms with Crippen molar-refractivity contribution in [3.8, 4) is 0 Å². The lowest BCUT2D eigenvalue weighted by atomic mass is 10.2. The molecule has 0 saturated carbocycles. The maximum atomic E-state index is 10.1. The molecule has 0 saturated heterocycles. The Balaban J connectivity index is 2.55. The van der Waals surface area contributed by atoms with E-state index in [2.05, 4.69) is 20.9 Å². The number of allylic oxidation sites excluding steroid dienone is 1. The van der Waals surface area contributed by atoms with Crippen molar-refractivity contribution in [2.75, 3.05) is 0 Å². The van der Waals surface area contributed by atoms with Crippen molar-refractivity contribution >= 4 is 21.9 Å². The first kappa shape index (κ1) is 9.92. The maximum Gasteiger partial charge on any atom is 0.327 e. The van der Waals surface area contributed by atoms with Crippen molar-refractivity contribution in [3.63, 3.8) is 0 Å². The number of carbonyl (C=O) groups is 1. The van der Waals surface area contributed by atoms with Crippen LogP contribution in [0.5, 0.6) is 0 Å². The Morgan fingerprint density at radius 1 is 1.62 bits per heavy atom. The molecule has 0 aromatic carbocycles. The summed E-state index contributed by atoms with van der Waals surface area (Å²) in [5.41, 5.74) is 0.987. The molecule has 0 bridgehead atoms. The number of aromatic nitrogens is 1. The van der Waals surface area contributed by atoms with Crippen molar-refractivity contribution < 1.29 is 9.90 Å². The summed E-state index contributed by atoms with van der Waals surface area (Å²) >= 11 is 3.21. The molecule has 0 aliphatic rings. The summed E-state index contributed by atoms with van der Waals surface area (Å²) in [6.07, 6.45) is 5.01. The van der Waals surface area contributed by atoms with Crippen LogP contribution in [0.1, 0.15) is 5.56 Å². The van der Waals surface area contributed by atoms with Crippen LogP contribution in [0.25, 0.3) is 0 Å². The molecular formula is C9H8BrNO2. The Bertz CT molecular complexity index is 319. The lowest BCUT2D eigenvalue weighted by Gasteiger charge is -1.94. The van der Waals surface area contributed by atoms with Crippen molar-refractivity contribution in [1.82, 2.24) is 4.98 Å². The molecule has 0 aliphatic carbocycles. The summed E-state index contributed by atoms with van der Waals surface area (Å²) in [6, 6.07) is 3.72. The zero-order valence-electron chi connectivity index (χ0n) is 6.77. The first-order chi connectivity index (χ1) is 6.18. The molecule has 1 aromatic heterocycles. The van der Waals surface area contributed by atoms with E-state index in [4.69, 9.17) is 5.11 Å². The standard InChI is InChI=1S/C9H8BrNO2/c10-8-5-4-7(6-11-8)2-1-3-9(12)13/h1,3-6H,2H2,(H,12,13). The zero-order valence-corrected chi connectivity index (χ0v) is 8.36. The van der Waals surface area contributed by atoms with Gasteiger partial charge in [-0.15, -0.1) is 0 Å². The second-order valence-electron chi connectivity index (χ2n) is 2.43. The summed E-state index contributed by atoms with van der Waals surface area (Å²) in [5.74, 6) is -0.926. The number of carboxylic acids is 1. The number of carboxylic acid groups (broad SMARTS) is 1. The summed E-state index contributed by atoms with van der Waals surface area (Å²) in [6.45, 7) is 0. The molecule has 68 valence electrons. The van der Waals surface area contributed by atoms with Gasteiger partial charge in [0.05, 0.1) is 0 Å². The molecule has 3 nitrogen and oxygen atoms in total. The highest BCUT2D eigenvalue weighted by Crippen LogP contribution is 2.06. The van der Waals surface area contributed by atoms with Crippen LogP contribution in [0.4, 0.5) is 0 Å². The fraction of sp³-hybridized carbons (Fsp3) is 0.111. The highest BCUT2D eigenvalue weighted by atomic mass is 79.9. The van der Waals surface area contributed by atoms with Gasteiger partial charge in [0.2, 0.25) is 0 Å². The topological polar surface area (TPSA) is 50.2 Å². The SMILES string of the molecule is O=C(O)C=CCc1ccc(Br)nc1. The van der Waals surface area contributed by atoms with E-state index in [0.717, 1.165) is 16.2 Å². The fourth-order valence-corrected chi connectivity index (χ4v) is 1.06. The third-order valence-corrected chi connectivity index (χ3v) is 1.87. The van der Waals surface area contributed by atoms with Crippen molar-refractivity contribution in [2.45, 2.75) is 6.42 Å². The average Bonchev–Trinajstić information content (AvgIpc) is 2.08. The molecule has 0 unspecified atom stereocenters. The van der Waals surface area contributed by atoms with Gasteiger partial charge in [-0.05, 0) is 34.0 Å². The number of nitrogens with zero attached hydrogens (tertiary/aromatic N) is 1. The summed E-state index contributed by atoms with van der Waals surface area (Å²) in [4.78, 5) is 14.1. The second-order valence-corrected chi connectivity index (χ2v) is 3.25. The first-order valence-electron chi connectivity index (χ1n) is 3.68. The van der Waals surface area contributed by atoms with Crippen LogP contribution in [0, 0.1) is 0 Å². The number of hydrogen-bond donors (Lipinski definition) is 1. The molecule has 0 radical (unpaired) electrons. The molecule has 0 fully saturated rings. The third kappa shape index (κ3) is 3.85. The van der Waals surface area contributed by atoms with Crippen LogP contribution in [-0.2, 0) is 11.2 Å². The van der Waals surface area contributed by atoms with Gasteiger partial charge in [0.25, 0.3) is 0 Å². The Hall–Kier alpha value is -1.16. The number of rotatable bonds is 3. The van der Waals surface area contributed by atoms with Gasteiger partial charge < -0.3 is 5.11 Å². The number of hydrogen-bond acceptors (Lipinski definition) is 2. The molecule has 0 atom stereocenters. The normalized spacial score (nSPS) is 10.5. The molecule has 0 spiro atoms. The van der Waals surface area contributed by atoms with Crippen LogP contribution in [0.3, 0.4) is 0 Å². The second kappa shape index (κ2) is 4.77. The molecule has 1 heterocycles. The molecular weight excluding hydrogens is 234 g/mol. The van der Waals surface area contributed by atoms with E-state index in [0.29, 0.717) is 6.42 Å². The van der Waals surface area contributed by atoms with Crippen LogP contribution in [-0.4, -0.2) is 16.1 Å². The van der Waals surface area contributed by atoms with Crippen LogP contribution < -0.4 is 0 Å². The predicted octanol–water partition coefficient (Wildman–Crippen LogP) is 2.03. The van der Waals surface area contributed by atoms with Crippen LogP contribution >= 0.6 is 15.9 Å². The van der Waals surface area contributed by atoms with Gasteiger partial charge in [0, 0.05) is 12.3 Å². The molecule has 4 heteroatoms. The van der Waals surface area contributed by atoms with Gasteiger partial charge in [-0.25, -0.2) is 9.78 Å². The number of aliphatic carboxylic acids is 1. The number of pyridine rings is 1. The van der Waals surface area contributed by atoms with Crippen LogP contribution in [0.15, 0.2) is 35.1 Å². The van der Waals surface area contributed by atoms with Crippen molar-refractivity contribution in [2.24, 2.45) is 0 Å². The first-order valence-corrected chi connectivity index (χ1v) is 4.47. The van der Waals surface area contributed by atoms with E-state index >= 15 is 0 Å². The highest BCUT2D eigenvalue weighted by molar-refractivity contribution is 9.10. The lowest BCUT2D eigenvalue weighted by molar-refractivity contribution is -0.131. The van der Waals surface area contributed by atoms with E-state index in [1.54, 1.807) is 12.3 Å². The minimum Gasteiger partial charge on any atom is -0.478 e. The van der Waals surface area contributed by atoms with Gasteiger partial charge in [0.15, 0.2) is 0 Å². The van der Waals surface area contributed by atoms with E-state index in [-0.39, 0.29) is 0 Å². The van der Waals surface area contributed by atoms with Gasteiger partial charge in [0.1, 0.15) is 4.60 Å². The Kier molecular flexibility index (Phi) is 3.64. The maximum absolute atomic E-state index is 10.1. The minimum absolute atomic E-state index is 0.590. The van der Waals surface area contributed by atoms with E-state index in [9.17, 15) is 4.79 Å². The molecule has 1 rings (SSSR count). The smallest absolute Gasteiger partial charge is 0.327 e. The summed E-state index contributed by atoms with van der Waals surface area (Å²) in [5, 5.41) is 8.33. The van der Waals surface area contributed by atoms with E-state index in [1.807, 2.05) is 12.1 Å². The predicted molar refractivity (Wildman–Crippen MR) is 52.4 cm³/mol. The van der Waals surface area contributed by atoms with Crippen molar-refractivity contribution in [1.29, 1.82) is 0 Å². The van der Waals surface area contributed by atoms with Gasteiger partial charge >= 0.3 is 5.97 Å². The molecule has 13 heavy (non-hydrogen) atoms. The van der Waals surface area contributed by atoms with E-state index in [1.165, 1.54) is 0 Å². The Morgan fingerprint density at radius 2 is 2.38 bits per heavy atom. The average molecular weight is 242 g/mol. The Morgan fingerprint density at radius 3 is 2.92 bits per heavy atom. The van der Waals surface area contributed by atoms with Gasteiger partial charge in [-0.1, -0.05) is 12.1 Å². The fourth-order valence-electron chi connectivity index (χ4n) is 0.823. The quantitative estimate of drug-likeness (QED) is 0.651. The molecule has 0 amide bonds. The lowest BCUT2D eigenvalue weighted by Crippen LogP contribution is -1.88. The highest BCUT2D eigenvalue weighted by Gasteiger charge is 1.91. The van der Waals surface area contributed by atoms with Gasteiger partial charge in [-0.3, -0.25) is 0 Å². The third-order valence-electron chi connectivity index (χ3n) is 1.40. The minimum atomic E-state index is -0.926. The van der Waals surface area contributed by atoms with E-state index < -0.39 is 5.97 Å². The molecule has 1 N–H and O–H groups in total. The monoisotopic (exact) mass is 241 g/mol. The largest absolute Gasteiger partial charge is 0.478 e. The molecule has 0 aliphatic heterocycles. The van der Waals surface area contributed by atoms with Crippen LogP contribution in [0.2, 0.25) is 0 Å². The summed E-state index contributed by atoms with van der Waals surface area (Å²) < 4.78 is 0.776. The molecule has 1 aromatic rings. The van der Waals surface area contributed by atoms with Gasteiger partial charge in [-0.2, -0.15) is 0 Å².